The topological polar surface area (TPSA) is 102 Å². The van der Waals surface area contributed by atoms with Crippen molar-refractivity contribution < 1.29 is 14.6 Å². The van der Waals surface area contributed by atoms with Crippen LogP contribution in [0, 0.1) is 12.8 Å². The second kappa shape index (κ2) is 5.78. The van der Waals surface area contributed by atoms with Crippen molar-refractivity contribution in [2.75, 3.05) is 12.4 Å². The number of aromatic nitrogens is 4. The zero-order chi connectivity index (χ0) is 15.7. The lowest BCUT2D eigenvalue weighted by Gasteiger charge is -2.27. The first-order valence-electron chi connectivity index (χ1n) is 7.34. The predicted molar refractivity (Wildman–Crippen MR) is 79.1 cm³/mol. The molecule has 0 saturated heterocycles. The Morgan fingerprint density at radius 3 is 2.73 bits per heavy atom. The number of aryl methyl sites for hydroxylation is 1. The highest BCUT2D eigenvalue weighted by Crippen LogP contribution is 2.27. The lowest BCUT2D eigenvalue weighted by molar-refractivity contribution is -0.142. The Hall–Kier alpha value is -2.38. The fraction of sp³-hybridized carbons (Fsp3) is 0.571. The summed E-state index contributed by atoms with van der Waals surface area (Å²) in [4.78, 5) is 19.5. The van der Waals surface area contributed by atoms with E-state index in [2.05, 4.69) is 20.4 Å². The van der Waals surface area contributed by atoms with Crippen molar-refractivity contribution in [1.29, 1.82) is 0 Å². The smallest absolute Gasteiger partial charge is 0.337 e. The molecule has 3 rings (SSSR count). The number of rotatable bonds is 4. The first-order chi connectivity index (χ1) is 10.6. The monoisotopic (exact) mass is 305 g/mol. The minimum absolute atomic E-state index is 0.219. The number of hydrogen-bond acceptors (Lipinski definition) is 6. The molecule has 0 atom stereocenters. The Kier molecular flexibility index (Phi) is 3.82. The van der Waals surface area contributed by atoms with E-state index in [-0.39, 0.29) is 18.0 Å². The van der Waals surface area contributed by atoms with Crippen LogP contribution in [-0.2, 0) is 4.79 Å². The van der Waals surface area contributed by atoms with Gasteiger partial charge in [0.05, 0.1) is 13.0 Å². The molecular formula is C14H19N5O3. The fourth-order valence-corrected chi connectivity index (χ4v) is 2.85. The summed E-state index contributed by atoms with van der Waals surface area (Å²) in [6, 6.07) is 2.41. The Bertz CT molecular complexity index is 691. The van der Waals surface area contributed by atoms with E-state index in [4.69, 9.17) is 9.84 Å². The van der Waals surface area contributed by atoms with E-state index in [0.29, 0.717) is 18.6 Å². The third-order valence-electron chi connectivity index (χ3n) is 4.03. The van der Waals surface area contributed by atoms with E-state index < -0.39 is 5.97 Å². The van der Waals surface area contributed by atoms with Crippen LogP contribution < -0.4 is 10.1 Å². The van der Waals surface area contributed by atoms with E-state index >= 15 is 0 Å². The molecule has 2 aromatic rings. The summed E-state index contributed by atoms with van der Waals surface area (Å²) in [5.41, 5.74) is 0.837. The van der Waals surface area contributed by atoms with Gasteiger partial charge in [-0.25, -0.2) is 4.98 Å². The summed E-state index contributed by atoms with van der Waals surface area (Å²) >= 11 is 0. The number of aliphatic carboxylic acids is 1. The van der Waals surface area contributed by atoms with Gasteiger partial charge in [0.2, 0.25) is 0 Å². The van der Waals surface area contributed by atoms with Gasteiger partial charge in [0.25, 0.3) is 5.78 Å². The largest absolute Gasteiger partial charge is 0.481 e. The summed E-state index contributed by atoms with van der Waals surface area (Å²) in [6.07, 6.45) is 3.04. The Balaban J connectivity index is 1.79. The van der Waals surface area contributed by atoms with Crippen molar-refractivity contribution in [3.63, 3.8) is 0 Å². The molecule has 1 aliphatic carbocycles. The number of methoxy groups -OCH3 is 1. The Morgan fingerprint density at radius 1 is 1.36 bits per heavy atom. The number of nitrogens with one attached hydrogen (secondary N) is 1. The van der Waals surface area contributed by atoms with Gasteiger partial charge in [-0.15, -0.1) is 5.10 Å². The average Bonchev–Trinajstić information content (AvgIpc) is 2.91. The van der Waals surface area contributed by atoms with Gasteiger partial charge in [-0.3, -0.25) is 4.79 Å². The standard InChI is InChI=1S/C14H19N5O3/c1-8-7-11(19-13(15-8)17-14(18-19)22-2)16-10-5-3-9(4-6-10)12(20)21/h7,9-10,16H,3-6H2,1-2H3,(H,20,21). The summed E-state index contributed by atoms with van der Waals surface area (Å²) in [5, 5.41) is 16.7. The predicted octanol–water partition coefficient (Wildman–Crippen LogP) is 1.50. The van der Waals surface area contributed by atoms with Gasteiger partial charge in [0, 0.05) is 17.8 Å². The van der Waals surface area contributed by atoms with Gasteiger partial charge in [0.1, 0.15) is 5.82 Å². The maximum atomic E-state index is 11.0. The van der Waals surface area contributed by atoms with Crippen LogP contribution in [0.4, 0.5) is 5.82 Å². The molecule has 2 heterocycles. The van der Waals surface area contributed by atoms with Crippen molar-refractivity contribution in [1.82, 2.24) is 19.6 Å². The van der Waals surface area contributed by atoms with Crippen LogP contribution in [0.5, 0.6) is 6.01 Å². The third-order valence-corrected chi connectivity index (χ3v) is 4.03. The second-order valence-electron chi connectivity index (χ2n) is 5.62. The van der Waals surface area contributed by atoms with Crippen molar-refractivity contribution >= 4 is 17.6 Å². The molecule has 0 aliphatic heterocycles. The maximum absolute atomic E-state index is 11.0. The Labute approximate surface area is 127 Å². The number of anilines is 1. The van der Waals surface area contributed by atoms with Crippen molar-refractivity contribution in [3.05, 3.63) is 11.8 Å². The number of ether oxygens (including phenoxy) is 1. The molecule has 0 spiro atoms. The number of carbonyl (C=O) groups is 1. The third kappa shape index (κ3) is 2.81. The first-order valence-corrected chi connectivity index (χ1v) is 7.34. The fourth-order valence-electron chi connectivity index (χ4n) is 2.85. The molecule has 118 valence electrons. The highest BCUT2D eigenvalue weighted by Gasteiger charge is 2.26. The van der Waals surface area contributed by atoms with Crippen LogP contribution in [0.15, 0.2) is 6.07 Å². The van der Waals surface area contributed by atoms with Crippen molar-refractivity contribution in [3.8, 4) is 6.01 Å². The molecule has 1 fully saturated rings. The molecule has 0 amide bonds. The van der Waals surface area contributed by atoms with Gasteiger partial charge in [-0.05, 0) is 32.6 Å². The quantitative estimate of drug-likeness (QED) is 0.882. The maximum Gasteiger partial charge on any atom is 0.337 e. The molecule has 0 radical (unpaired) electrons. The minimum Gasteiger partial charge on any atom is -0.481 e. The second-order valence-corrected chi connectivity index (χ2v) is 5.62. The van der Waals surface area contributed by atoms with Crippen molar-refractivity contribution in [2.24, 2.45) is 5.92 Å². The molecule has 0 bridgehead atoms. The number of carboxylic acids is 1. The molecular weight excluding hydrogens is 286 g/mol. The summed E-state index contributed by atoms with van der Waals surface area (Å²) < 4.78 is 6.67. The van der Waals surface area contributed by atoms with Gasteiger partial charge in [0.15, 0.2) is 0 Å². The molecule has 2 N–H and O–H groups in total. The highest BCUT2D eigenvalue weighted by atomic mass is 16.5. The van der Waals surface area contributed by atoms with Crippen LogP contribution >= 0.6 is 0 Å². The molecule has 1 aliphatic rings. The van der Waals surface area contributed by atoms with Gasteiger partial charge >= 0.3 is 12.0 Å². The molecule has 1 saturated carbocycles. The van der Waals surface area contributed by atoms with Gasteiger partial charge in [-0.2, -0.15) is 9.50 Å². The van der Waals surface area contributed by atoms with Gasteiger partial charge < -0.3 is 15.2 Å². The van der Waals surface area contributed by atoms with E-state index in [0.717, 1.165) is 24.4 Å². The van der Waals surface area contributed by atoms with E-state index in [9.17, 15) is 4.79 Å². The molecule has 0 unspecified atom stereocenters. The zero-order valence-electron chi connectivity index (χ0n) is 12.6. The SMILES string of the molecule is COc1nc2nc(C)cc(NC3CCC(C(=O)O)CC3)n2n1. The zero-order valence-corrected chi connectivity index (χ0v) is 12.6. The molecule has 8 heteroatoms. The number of carboxylic acid groups (broad SMARTS) is 1. The number of hydrogen-bond donors (Lipinski definition) is 2. The van der Waals surface area contributed by atoms with Crippen LogP contribution in [0.2, 0.25) is 0 Å². The molecule has 0 aromatic carbocycles. The normalized spacial score (nSPS) is 21.7. The highest BCUT2D eigenvalue weighted by molar-refractivity contribution is 5.70. The summed E-state index contributed by atoms with van der Waals surface area (Å²) in [7, 11) is 1.52. The number of nitrogens with zero attached hydrogens (tertiary/aromatic N) is 4. The molecule has 2 aromatic heterocycles. The minimum atomic E-state index is -0.693. The van der Waals surface area contributed by atoms with Crippen LogP contribution in [0.3, 0.4) is 0 Å². The lowest BCUT2D eigenvalue weighted by Crippen LogP contribution is -2.30. The summed E-state index contributed by atoms with van der Waals surface area (Å²) in [5.74, 6) is 0.376. The Morgan fingerprint density at radius 2 is 2.09 bits per heavy atom. The number of fused-ring (bicyclic) bond motifs is 1. The van der Waals surface area contributed by atoms with Gasteiger partial charge in [-0.1, -0.05) is 0 Å². The first kappa shape index (κ1) is 14.6. The van der Waals surface area contributed by atoms with Crippen LogP contribution in [0.1, 0.15) is 31.4 Å². The van der Waals surface area contributed by atoms with Crippen LogP contribution in [0.25, 0.3) is 5.78 Å². The average molecular weight is 305 g/mol. The molecule has 22 heavy (non-hydrogen) atoms. The molecule has 8 nitrogen and oxygen atoms in total. The lowest BCUT2D eigenvalue weighted by atomic mass is 9.86. The van der Waals surface area contributed by atoms with E-state index in [1.807, 2.05) is 13.0 Å². The van der Waals surface area contributed by atoms with E-state index in [1.54, 1.807) is 4.52 Å². The van der Waals surface area contributed by atoms with Crippen LogP contribution in [-0.4, -0.2) is 43.8 Å². The van der Waals surface area contributed by atoms with E-state index in [1.165, 1.54) is 7.11 Å². The summed E-state index contributed by atoms with van der Waals surface area (Å²) in [6.45, 7) is 1.90. The van der Waals surface area contributed by atoms with Crippen molar-refractivity contribution in [2.45, 2.75) is 38.6 Å².